The zero-order valence-corrected chi connectivity index (χ0v) is 9.32. The summed E-state index contributed by atoms with van der Waals surface area (Å²) in [6.45, 7) is 0.477. The molecule has 1 aromatic heterocycles. The van der Waals surface area contributed by atoms with Crippen molar-refractivity contribution in [3.05, 3.63) is 63.5 Å². The van der Waals surface area contributed by atoms with Crippen LogP contribution in [0.25, 0.3) is 0 Å². The largest absolute Gasteiger partial charge is 0.398 e. The Balaban J connectivity index is 2.34. The molecule has 4 heteroatoms. The first-order chi connectivity index (χ1) is 7.65. The van der Waals surface area contributed by atoms with Gasteiger partial charge in [-0.3, -0.25) is 4.79 Å². The highest BCUT2D eigenvalue weighted by Crippen LogP contribution is 2.11. The van der Waals surface area contributed by atoms with Crippen LogP contribution in [-0.4, -0.2) is 4.57 Å². The van der Waals surface area contributed by atoms with Crippen molar-refractivity contribution >= 4 is 17.3 Å². The third-order valence-electron chi connectivity index (χ3n) is 2.25. The predicted molar refractivity (Wildman–Crippen MR) is 65.7 cm³/mol. The third kappa shape index (κ3) is 2.44. The number of pyridine rings is 1. The number of hydrogen-bond acceptors (Lipinski definition) is 2. The maximum atomic E-state index is 11.5. The fourth-order valence-corrected chi connectivity index (χ4v) is 1.72. The molecule has 0 saturated carbocycles. The van der Waals surface area contributed by atoms with E-state index in [-0.39, 0.29) is 5.56 Å². The highest BCUT2D eigenvalue weighted by Gasteiger charge is 1.99. The van der Waals surface area contributed by atoms with E-state index in [1.807, 2.05) is 18.2 Å². The molecule has 0 radical (unpaired) electrons. The zero-order chi connectivity index (χ0) is 11.5. The minimum absolute atomic E-state index is 0.0748. The second-order valence-corrected chi connectivity index (χ2v) is 3.99. The molecular weight excluding hydrogens is 224 g/mol. The SMILES string of the molecule is Nc1ccc(=O)n(Cc2cccc(Cl)c2)c1. The van der Waals surface area contributed by atoms with Gasteiger partial charge in [-0.05, 0) is 23.8 Å². The Morgan fingerprint density at radius 2 is 2.06 bits per heavy atom. The predicted octanol–water partition coefficient (Wildman–Crippen LogP) is 2.13. The standard InChI is InChI=1S/C12H11ClN2O/c13-10-3-1-2-9(6-10)7-15-8-11(14)4-5-12(15)16/h1-6,8H,7,14H2. The van der Waals surface area contributed by atoms with Crippen LogP contribution in [0.3, 0.4) is 0 Å². The molecule has 0 unspecified atom stereocenters. The smallest absolute Gasteiger partial charge is 0.250 e. The van der Waals surface area contributed by atoms with Crippen molar-refractivity contribution < 1.29 is 0 Å². The highest BCUT2D eigenvalue weighted by atomic mass is 35.5. The van der Waals surface area contributed by atoms with Gasteiger partial charge in [0, 0.05) is 23.0 Å². The molecule has 2 rings (SSSR count). The van der Waals surface area contributed by atoms with Gasteiger partial charge in [0.25, 0.3) is 5.56 Å². The van der Waals surface area contributed by atoms with E-state index in [2.05, 4.69) is 0 Å². The van der Waals surface area contributed by atoms with Crippen LogP contribution in [0.2, 0.25) is 5.02 Å². The van der Waals surface area contributed by atoms with E-state index >= 15 is 0 Å². The van der Waals surface area contributed by atoms with Crippen LogP contribution >= 0.6 is 11.6 Å². The second kappa shape index (κ2) is 4.41. The van der Waals surface area contributed by atoms with Gasteiger partial charge in [0.1, 0.15) is 0 Å². The Labute approximate surface area is 98.1 Å². The van der Waals surface area contributed by atoms with Gasteiger partial charge in [0.05, 0.1) is 6.54 Å². The van der Waals surface area contributed by atoms with E-state index in [1.165, 1.54) is 6.07 Å². The molecule has 0 aliphatic heterocycles. The summed E-state index contributed by atoms with van der Waals surface area (Å²) in [7, 11) is 0. The van der Waals surface area contributed by atoms with Crippen molar-refractivity contribution in [2.75, 3.05) is 5.73 Å². The molecule has 1 aromatic carbocycles. The fraction of sp³-hybridized carbons (Fsp3) is 0.0833. The van der Waals surface area contributed by atoms with Gasteiger partial charge in [-0.25, -0.2) is 0 Å². The maximum absolute atomic E-state index is 11.5. The molecule has 82 valence electrons. The summed E-state index contributed by atoms with van der Waals surface area (Å²) in [5.41, 5.74) is 7.09. The van der Waals surface area contributed by atoms with Crippen LogP contribution in [-0.2, 0) is 6.54 Å². The normalized spacial score (nSPS) is 10.3. The molecule has 0 atom stereocenters. The van der Waals surface area contributed by atoms with Crippen LogP contribution in [0.4, 0.5) is 5.69 Å². The number of nitrogens with zero attached hydrogens (tertiary/aromatic N) is 1. The van der Waals surface area contributed by atoms with Gasteiger partial charge >= 0.3 is 0 Å². The lowest BCUT2D eigenvalue weighted by molar-refractivity contribution is 0.761. The summed E-state index contributed by atoms with van der Waals surface area (Å²) < 4.78 is 1.56. The van der Waals surface area contributed by atoms with Crippen LogP contribution in [0.1, 0.15) is 5.56 Å². The van der Waals surface area contributed by atoms with Gasteiger partial charge in [-0.1, -0.05) is 23.7 Å². The summed E-state index contributed by atoms with van der Waals surface area (Å²) in [5.74, 6) is 0. The van der Waals surface area contributed by atoms with E-state index in [1.54, 1.807) is 22.9 Å². The number of nitrogen functional groups attached to an aromatic ring is 1. The van der Waals surface area contributed by atoms with Crippen LogP contribution in [0.15, 0.2) is 47.4 Å². The summed E-state index contributed by atoms with van der Waals surface area (Å²) in [6.07, 6.45) is 1.63. The van der Waals surface area contributed by atoms with Crippen molar-refractivity contribution in [1.29, 1.82) is 0 Å². The lowest BCUT2D eigenvalue weighted by atomic mass is 10.2. The number of rotatable bonds is 2. The fourth-order valence-electron chi connectivity index (χ4n) is 1.51. The van der Waals surface area contributed by atoms with Gasteiger partial charge in [0.2, 0.25) is 0 Å². The molecular formula is C12H11ClN2O. The third-order valence-corrected chi connectivity index (χ3v) is 2.48. The summed E-state index contributed by atoms with van der Waals surface area (Å²) in [4.78, 5) is 11.5. The summed E-state index contributed by atoms with van der Waals surface area (Å²) in [6, 6.07) is 10.5. The molecule has 3 nitrogen and oxygen atoms in total. The first kappa shape index (κ1) is 10.8. The molecule has 0 amide bonds. The van der Waals surface area contributed by atoms with E-state index in [9.17, 15) is 4.79 Å². The number of nitrogens with two attached hydrogens (primary N) is 1. The Morgan fingerprint density at radius 1 is 1.25 bits per heavy atom. The molecule has 16 heavy (non-hydrogen) atoms. The Hall–Kier alpha value is -1.74. The number of aromatic nitrogens is 1. The van der Waals surface area contributed by atoms with E-state index in [4.69, 9.17) is 17.3 Å². The first-order valence-electron chi connectivity index (χ1n) is 4.85. The molecule has 0 aliphatic rings. The minimum atomic E-state index is -0.0748. The lowest BCUT2D eigenvalue weighted by Crippen LogP contribution is -2.19. The van der Waals surface area contributed by atoms with E-state index < -0.39 is 0 Å². The topological polar surface area (TPSA) is 48.0 Å². The first-order valence-corrected chi connectivity index (χ1v) is 5.23. The monoisotopic (exact) mass is 234 g/mol. The zero-order valence-electron chi connectivity index (χ0n) is 8.56. The number of anilines is 1. The van der Waals surface area contributed by atoms with Gasteiger partial charge in [-0.15, -0.1) is 0 Å². The minimum Gasteiger partial charge on any atom is -0.398 e. The molecule has 2 aromatic rings. The maximum Gasteiger partial charge on any atom is 0.250 e. The second-order valence-electron chi connectivity index (χ2n) is 3.56. The lowest BCUT2D eigenvalue weighted by Gasteiger charge is -2.06. The van der Waals surface area contributed by atoms with Crippen molar-refractivity contribution in [2.24, 2.45) is 0 Å². The molecule has 0 fully saturated rings. The van der Waals surface area contributed by atoms with Gasteiger partial charge in [-0.2, -0.15) is 0 Å². The quantitative estimate of drug-likeness (QED) is 0.866. The van der Waals surface area contributed by atoms with Gasteiger partial charge in [0.15, 0.2) is 0 Å². The van der Waals surface area contributed by atoms with Crippen LogP contribution in [0, 0.1) is 0 Å². The summed E-state index contributed by atoms with van der Waals surface area (Å²) in [5, 5.41) is 0.662. The van der Waals surface area contributed by atoms with E-state index in [0.717, 1.165) is 5.56 Å². The molecule has 0 aliphatic carbocycles. The molecule has 0 saturated heterocycles. The highest BCUT2D eigenvalue weighted by molar-refractivity contribution is 6.30. The van der Waals surface area contributed by atoms with Crippen molar-refractivity contribution in [3.8, 4) is 0 Å². The van der Waals surface area contributed by atoms with Gasteiger partial charge < -0.3 is 10.3 Å². The van der Waals surface area contributed by atoms with Crippen LogP contribution in [0.5, 0.6) is 0 Å². The average Bonchev–Trinajstić information content (AvgIpc) is 2.24. The van der Waals surface area contributed by atoms with Crippen molar-refractivity contribution in [3.63, 3.8) is 0 Å². The molecule has 1 heterocycles. The molecule has 0 bridgehead atoms. The number of halogens is 1. The summed E-state index contributed by atoms with van der Waals surface area (Å²) >= 11 is 5.87. The van der Waals surface area contributed by atoms with Crippen molar-refractivity contribution in [1.82, 2.24) is 4.57 Å². The van der Waals surface area contributed by atoms with E-state index in [0.29, 0.717) is 17.3 Å². The number of hydrogen-bond donors (Lipinski definition) is 1. The Kier molecular flexibility index (Phi) is 2.97. The molecule has 0 spiro atoms. The Morgan fingerprint density at radius 3 is 2.81 bits per heavy atom. The number of benzene rings is 1. The van der Waals surface area contributed by atoms with Crippen LogP contribution < -0.4 is 11.3 Å². The van der Waals surface area contributed by atoms with Crippen molar-refractivity contribution in [2.45, 2.75) is 6.54 Å². The average molecular weight is 235 g/mol. The molecule has 2 N–H and O–H groups in total. The Bertz CT molecular complexity index is 563.